The van der Waals surface area contributed by atoms with E-state index in [-0.39, 0.29) is 5.92 Å². The molecule has 170 valence electrons. The van der Waals surface area contributed by atoms with Crippen LogP contribution in [0, 0.1) is 0 Å². The number of allylic oxidation sites excluding steroid dienone is 2. The fourth-order valence-electron chi connectivity index (χ4n) is 3.55. The van der Waals surface area contributed by atoms with E-state index in [1.807, 2.05) is 55.5 Å². The molecule has 33 heavy (non-hydrogen) atoms. The molecule has 1 aliphatic heterocycles. The van der Waals surface area contributed by atoms with Gasteiger partial charge in [-0.05, 0) is 42.8 Å². The van der Waals surface area contributed by atoms with E-state index in [0.717, 1.165) is 39.9 Å². The van der Waals surface area contributed by atoms with Gasteiger partial charge in [0.1, 0.15) is 23.9 Å². The molecule has 0 saturated carbocycles. The van der Waals surface area contributed by atoms with E-state index < -0.39 is 0 Å². The van der Waals surface area contributed by atoms with Gasteiger partial charge in [0, 0.05) is 35.8 Å². The SMILES string of the molecule is COc1cccc(COC2=C(Cl)CN(c3ccnc(-c4ccnc(C(C)C)n4)c3)C(C)=C2)c1. The zero-order valence-electron chi connectivity index (χ0n) is 19.2. The molecule has 0 atom stereocenters. The van der Waals surface area contributed by atoms with Gasteiger partial charge in [-0.25, -0.2) is 9.97 Å². The monoisotopic (exact) mass is 462 g/mol. The number of methoxy groups -OCH3 is 1. The van der Waals surface area contributed by atoms with Crippen LogP contribution < -0.4 is 9.64 Å². The van der Waals surface area contributed by atoms with E-state index >= 15 is 0 Å². The summed E-state index contributed by atoms with van der Waals surface area (Å²) in [6.45, 7) is 7.12. The van der Waals surface area contributed by atoms with Crippen LogP contribution in [0.1, 0.15) is 38.1 Å². The summed E-state index contributed by atoms with van der Waals surface area (Å²) in [6, 6.07) is 13.7. The van der Waals surface area contributed by atoms with Gasteiger partial charge >= 0.3 is 0 Å². The van der Waals surface area contributed by atoms with Crippen molar-refractivity contribution in [3.63, 3.8) is 0 Å². The van der Waals surface area contributed by atoms with Gasteiger partial charge in [0.25, 0.3) is 0 Å². The molecular formula is C26H27ClN4O2. The first-order valence-electron chi connectivity index (χ1n) is 10.8. The van der Waals surface area contributed by atoms with E-state index in [2.05, 4.69) is 33.7 Å². The molecule has 0 N–H and O–H groups in total. The van der Waals surface area contributed by atoms with E-state index in [1.165, 1.54) is 0 Å². The quantitative estimate of drug-likeness (QED) is 0.425. The van der Waals surface area contributed by atoms with Crippen LogP contribution in [0.2, 0.25) is 0 Å². The zero-order valence-corrected chi connectivity index (χ0v) is 20.0. The number of hydrogen-bond acceptors (Lipinski definition) is 6. The van der Waals surface area contributed by atoms with Crippen LogP contribution >= 0.6 is 11.6 Å². The Labute approximate surface area is 199 Å². The average molecular weight is 463 g/mol. The minimum Gasteiger partial charge on any atom is -0.497 e. The molecule has 0 spiro atoms. The number of halogens is 1. The van der Waals surface area contributed by atoms with Crippen molar-refractivity contribution < 1.29 is 9.47 Å². The molecule has 0 saturated heterocycles. The lowest BCUT2D eigenvalue weighted by molar-refractivity contribution is 0.207. The van der Waals surface area contributed by atoms with Gasteiger partial charge in [-0.15, -0.1) is 0 Å². The second kappa shape index (κ2) is 10.0. The van der Waals surface area contributed by atoms with Gasteiger partial charge in [0.05, 0.1) is 30.1 Å². The molecule has 3 aromatic rings. The summed E-state index contributed by atoms with van der Waals surface area (Å²) in [5.74, 6) is 2.53. The molecule has 0 bridgehead atoms. The number of nitrogens with zero attached hydrogens (tertiary/aromatic N) is 4. The van der Waals surface area contributed by atoms with Gasteiger partial charge < -0.3 is 14.4 Å². The van der Waals surface area contributed by atoms with Crippen molar-refractivity contribution in [3.05, 3.63) is 88.8 Å². The van der Waals surface area contributed by atoms with Crippen molar-refractivity contribution in [2.45, 2.75) is 33.3 Å². The summed E-state index contributed by atoms with van der Waals surface area (Å²) >= 11 is 6.64. The Hall–Kier alpha value is -3.38. The Morgan fingerprint density at radius 1 is 1.06 bits per heavy atom. The molecule has 0 aliphatic carbocycles. The summed E-state index contributed by atoms with van der Waals surface area (Å²) in [7, 11) is 1.65. The molecule has 0 radical (unpaired) electrons. The molecule has 3 heterocycles. The smallest absolute Gasteiger partial charge is 0.137 e. The van der Waals surface area contributed by atoms with Crippen LogP contribution in [-0.4, -0.2) is 28.6 Å². The molecule has 2 aromatic heterocycles. The van der Waals surface area contributed by atoms with Crippen LogP contribution in [0.5, 0.6) is 5.75 Å². The van der Waals surface area contributed by atoms with E-state index in [0.29, 0.717) is 23.9 Å². The summed E-state index contributed by atoms with van der Waals surface area (Å²) in [4.78, 5) is 15.7. The highest BCUT2D eigenvalue weighted by atomic mass is 35.5. The van der Waals surface area contributed by atoms with Crippen molar-refractivity contribution >= 4 is 17.3 Å². The molecule has 6 nitrogen and oxygen atoms in total. The first kappa shape index (κ1) is 22.8. The third-order valence-electron chi connectivity index (χ3n) is 5.37. The van der Waals surface area contributed by atoms with Gasteiger partial charge in [-0.1, -0.05) is 37.6 Å². The Bertz CT molecular complexity index is 1210. The van der Waals surface area contributed by atoms with Crippen LogP contribution in [0.4, 0.5) is 5.69 Å². The fourth-order valence-corrected chi connectivity index (χ4v) is 3.78. The minimum atomic E-state index is 0.250. The van der Waals surface area contributed by atoms with Gasteiger partial charge in [0.2, 0.25) is 0 Å². The molecular weight excluding hydrogens is 436 g/mol. The number of ether oxygens (including phenoxy) is 2. The van der Waals surface area contributed by atoms with Crippen molar-refractivity contribution in [1.82, 2.24) is 15.0 Å². The summed E-state index contributed by atoms with van der Waals surface area (Å²) < 4.78 is 11.3. The lowest BCUT2D eigenvalue weighted by atomic mass is 10.1. The second-order valence-electron chi connectivity index (χ2n) is 8.14. The Kier molecular flexibility index (Phi) is 6.94. The normalized spacial score (nSPS) is 13.9. The zero-order chi connectivity index (χ0) is 23.4. The number of pyridine rings is 1. The Morgan fingerprint density at radius 2 is 1.88 bits per heavy atom. The highest BCUT2D eigenvalue weighted by Crippen LogP contribution is 2.31. The van der Waals surface area contributed by atoms with E-state index in [9.17, 15) is 0 Å². The molecule has 4 rings (SSSR count). The van der Waals surface area contributed by atoms with Crippen molar-refractivity contribution in [2.75, 3.05) is 18.6 Å². The second-order valence-corrected chi connectivity index (χ2v) is 8.59. The molecule has 0 unspecified atom stereocenters. The predicted molar refractivity (Wildman–Crippen MR) is 131 cm³/mol. The van der Waals surface area contributed by atoms with Crippen molar-refractivity contribution in [3.8, 4) is 17.1 Å². The first-order chi connectivity index (χ1) is 15.9. The van der Waals surface area contributed by atoms with E-state index in [4.69, 9.17) is 21.1 Å². The summed E-state index contributed by atoms with van der Waals surface area (Å²) in [5.41, 5.74) is 4.64. The predicted octanol–water partition coefficient (Wildman–Crippen LogP) is 6.06. The van der Waals surface area contributed by atoms with Crippen LogP contribution in [0.3, 0.4) is 0 Å². The maximum absolute atomic E-state index is 6.64. The van der Waals surface area contributed by atoms with Crippen LogP contribution in [-0.2, 0) is 11.3 Å². The molecule has 1 aromatic carbocycles. The highest BCUT2D eigenvalue weighted by Gasteiger charge is 2.20. The standard InChI is InChI=1S/C26H27ClN4O2/c1-17(2)26-29-11-9-23(30-26)24-14-20(8-10-28-24)31-15-22(27)25(12-18(31)3)33-16-19-6-5-7-21(13-19)32-4/h5-14,17H,15-16H2,1-4H3. The molecule has 0 fully saturated rings. The maximum Gasteiger partial charge on any atom is 0.137 e. The lowest BCUT2D eigenvalue weighted by Crippen LogP contribution is -2.26. The summed E-state index contributed by atoms with van der Waals surface area (Å²) in [5, 5.41) is 0.644. The number of aromatic nitrogens is 3. The third kappa shape index (κ3) is 5.34. The van der Waals surface area contributed by atoms with Crippen LogP contribution in [0.15, 0.2) is 77.4 Å². The topological polar surface area (TPSA) is 60.4 Å². The number of rotatable bonds is 7. The molecule has 7 heteroatoms. The minimum absolute atomic E-state index is 0.250. The fraction of sp³-hybridized carbons (Fsp3) is 0.269. The van der Waals surface area contributed by atoms with E-state index in [1.54, 1.807) is 19.5 Å². The molecule has 0 amide bonds. The highest BCUT2D eigenvalue weighted by molar-refractivity contribution is 6.30. The largest absolute Gasteiger partial charge is 0.497 e. The van der Waals surface area contributed by atoms with Crippen molar-refractivity contribution in [1.29, 1.82) is 0 Å². The summed E-state index contributed by atoms with van der Waals surface area (Å²) in [6.07, 6.45) is 5.54. The maximum atomic E-state index is 6.64. The number of hydrogen-bond donors (Lipinski definition) is 0. The van der Waals surface area contributed by atoms with Crippen LogP contribution in [0.25, 0.3) is 11.4 Å². The first-order valence-corrected chi connectivity index (χ1v) is 11.2. The Balaban J connectivity index is 1.51. The molecule has 1 aliphatic rings. The van der Waals surface area contributed by atoms with Gasteiger partial charge in [0.15, 0.2) is 0 Å². The Morgan fingerprint density at radius 3 is 2.67 bits per heavy atom. The van der Waals surface area contributed by atoms with Gasteiger partial charge in [-0.2, -0.15) is 0 Å². The number of anilines is 1. The third-order valence-corrected chi connectivity index (χ3v) is 5.67. The number of benzene rings is 1. The lowest BCUT2D eigenvalue weighted by Gasteiger charge is -2.30. The van der Waals surface area contributed by atoms with Gasteiger partial charge in [-0.3, -0.25) is 4.98 Å². The van der Waals surface area contributed by atoms with Crippen molar-refractivity contribution in [2.24, 2.45) is 0 Å². The average Bonchev–Trinajstić information content (AvgIpc) is 2.84.